The van der Waals surface area contributed by atoms with Crippen LogP contribution >= 0.6 is 0 Å². The van der Waals surface area contributed by atoms with E-state index in [4.69, 9.17) is 4.74 Å². The molecule has 26 heavy (non-hydrogen) atoms. The Morgan fingerprint density at radius 3 is 1.96 bits per heavy atom. The second-order valence-electron chi connectivity index (χ2n) is 7.44. The van der Waals surface area contributed by atoms with Gasteiger partial charge in [0.2, 0.25) is 5.91 Å². The zero-order valence-corrected chi connectivity index (χ0v) is 17.5. The third-order valence-electron chi connectivity index (χ3n) is 4.60. The first-order chi connectivity index (χ1) is 12.5. The molecule has 0 fully saturated rings. The lowest BCUT2D eigenvalue weighted by molar-refractivity contribution is -0.146. The molecule has 4 heteroatoms. The molecule has 0 aliphatic heterocycles. The summed E-state index contributed by atoms with van der Waals surface area (Å²) in [6.07, 6.45) is 18.4. The monoisotopic (exact) mass is 367 g/mol. The van der Waals surface area contributed by atoms with Gasteiger partial charge in [-0.1, -0.05) is 71.4 Å². The molecule has 4 nitrogen and oxygen atoms in total. The Labute approximate surface area is 161 Å². The lowest BCUT2D eigenvalue weighted by Crippen LogP contribution is -2.44. The van der Waals surface area contributed by atoms with Crippen molar-refractivity contribution in [1.82, 2.24) is 5.32 Å². The number of carbonyl (C=O) groups is 2. The molecule has 0 radical (unpaired) electrons. The molecule has 0 aliphatic carbocycles. The van der Waals surface area contributed by atoms with Crippen molar-refractivity contribution in [3.63, 3.8) is 0 Å². The molecule has 0 heterocycles. The molecular formula is C22H41NO3. The first-order valence-electron chi connectivity index (χ1n) is 10.5. The zero-order chi connectivity index (χ0) is 19.6. The van der Waals surface area contributed by atoms with Crippen LogP contribution in [-0.2, 0) is 14.3 Å². The van der Waals surface area contributed by atoms with Crippen LogP contribution in [-0.4, -0.2) is 25.0 Å². The van der Waals surface area contributed by atoms with Gasteiger partial charge in [-0.2, -0.15) is 0 Å². The minimum absolute atomic E-state index is 0.0334. The van der Waals surface area contributed by atoms with Gasteiger partial charge >= 0.3 is 5.97 Å². The third-order valence-corrected chi connectivity index (χ3v) is 4.60. The number of hydrogen-bond donors (Lipinski definition) is 1. The highest BCUT2D eigenvalue weighted by Gasteiger charge is 2.24. The molecule has 0 aromatic heterocycles. The second-order valence-corrected chi connectivity index (χ2v) is 7.44. The van der Waals surface area contributed by atoms with Crippen LogP contribution in [0.3, 0.4) is 0 Å². The van der Waals surface area contributed by atoms with E-state index in [0.29, 0.717) is 6.42 Å². The van der Waals surface area contributed by atoms with E-state index in [2.05, 4.69) is 24.4 Å². The largest absolute Gasteiger partial charge is 0.467 e. The number of ether oxygens (including phenoxy) is 1. The van der Waals surface area contributed by atoms with E-state index >= 15 is 0 Å². The first kappa shape index (κ1) is 24.7. The molecule has 0 rings (SSSR count). The van der Waals surface area contributed by atoms with Crippen LogP contribution in [0.15, 0.2) is 12.2 Å². The van der Waals surface area contributed by atoms with E-state index in [-0.39, 0.29) is 17.8 Å². The Hall–Kier alpha value is -1.32. The van der Waals surface area contributed by atoms with E-state index in [0.717, 1.165) is 12.8 Å². The van der Waals surface area contributed by atoms with Crippen molar-refractivity contribution >= 4 is 11.9 Å². The number of hydrogen-bond acceptors (Lipinski definition) is 3. The van der Waals surface area contributed by atoms with Crippen molar-refractivity contribution in [2.24, 2.45) is 5.92 Å². The Bertz CT molecular complexity index is 391. The molecular weight excluding hydrogens is 326 g/mol. The molecule has 0 bridgehead atoms. The summed E-state index contributed by atoms with van der Waals surface area (Å²) in [5.74, 6) is -0.391. The fourth-order valence-corrected chi connectivity index (χ4v) is 2.87. The highest BCUT2D eigenvalue weighted by molar-refractivity contribution is 5.84. The maximum Gasteiger partial charge on any atom is 0.328 e. The summed E-state index contributed by atoms with van der Waals surface area (Å²) in [6, 6.07) is -0.541. The maximum absolute atomic E-state index is 12.0. The molecule has 0 aromatic rings. The maximum atomic E-state index is 12.0. The molecule has 0 aliphatic rings. The van der Waals surface area contributed by atoms with Gasteiger partial charge in [-0.15, -0.1) is 0 Å². The standard InChI is InChI=1S/C22H41NO3/c1-5-6-7-8-9-10-11-12-13-14-15-16-17-18-20(24)23-21(19(2)3)22(25)26-4/h10-11,19,21H,5-9,12-18H2,1-4H3,(H,23,24). The van der Waals surface area contributed by atoms with E-state index in [1.807, 2.05) is 13.8 Å². The van der Waals surface area contributed by atoms with Crippen LogP contribution in [0.1, 0.15) is 97.8 Å². The summed E-state index contributed by atoms with van der Waals surface area (Å²) in [5, 5.41) is 2.79. The summed E-state index contributed by atoms with van der Waals surface area (Å²) in [6.45, 7) is 6.05. The van der Waals surface area contributed by atoms with Gasteiger partial charge < -0.3 is 10.1 Å². The van der Waals surface area contributed by atoms with Gasteiger partial charge in [-0.05, 0) is 38.0 Å². The summed E-state index contributed by atoms with van der Waals surface area (Å²) in [5.41, 5.74) is 0. The molecule has 0 spiro atoms. The minimum Gasteiger partial charge on any atom is -0.467 e. The fourth-order valence-electron chi connectivity index (χ4n) is 2.87. The topological polar surface area (TPSA) is 55.4 Å². The third kappa shape index (κ3) is 13.9. The van der Waals surface area contributed by atoms with Crippen LogP contribution in [0.25, 0.3) is 0 Å². The van der Waals surface area contributed by atoms with Crippen molar-refractivity contribution in [3.05, 3.63) is 12.2 Å². The van der Waals surface area contributed by atoms with Crippen LogP contribution < -0.4 is 5.32 Å². The van der Waals surface area contributed by atoms with Gasteiger partial charge in [0.15, 0.2) is 0 Å². The predicted molar refractivity (Wildman–Crippen MR) is 109 cm³/mol. The summed E-state index contributed by atoms with van der Waals surface area (Å²) in [7, 11) is 1.35. The molecule has 1 amide bonds. The summed E-state index contributed by atoms with van der Waals surface area (Å²) in [4.78, 5) is 23.6. The zero-order valence-electron chi connectivity index (χ0n) is 17.5. The summed E-state index contributed by atoms with van der Waals surface area (Å²) < 4.78 is 4.74. The van der Waals surface area contributed by atoms with Crippen molar-refractivity contribution < 1.29 is 14.3 Å². The van der Waals surface area contributed by atoms with Crippen LogP contribution in [0.5, 0.6) is 0 Å². The molecule has 1 atom stereocenters. The van der Waals surface area contributed by atoms with Gasteiger partial charge in [-0.25, -0.2) is 4.79 Å². The number of esters is 1. The van der Waals surface area contributed by atoms with Gasteiger partial charge in [0.1, 0.15) is 6.04 Å². The highest BCUT2D eigenvalue weighted by Crippen LogP contribution is 2.10. The van der Waals surface area contributed by atoms with Crippen molar-refractivity contribution in [3.8, 4) is 0 Å². The molecule has 1 N–H and O–H groups in total. The fraction of sp³-hybridized carbons (Fsp3) is 0.818. The van der Waals surface area contributed by atoms with Crippen molar-refractivity contribution in [2.45, 2.75) is 104 Å². The number of amides is 1. The van der Waals surface area contributed by atoms with Crippen LogP contribution in [0, 0.1) is 5.92 Å². The lowest BCUT2D eigenvalue weighted by Gasteiger charge is -2.19. The number of rotatable bonds is 16. The number of carbonyl (C=O) groups excluding carboxylic acids is 2. The Balaban J connectivity index is 3.58. The van der Waals surface area contributed by atoms with E-state index in [9.17, 15) is 9.59 Å². The van der Waals surface area contributed by atoms with E-state index in [1.165, 1.54) is 64.9 Å². The molecule has 152 valence electrons. The van der Waals surface area contributed by atoms with Crippen LogP contribution in [0.4, 0.5) is 0 Å². The van der Waals surface area contributed by atoms with Crippen molar-refractivity contribution in [1.29, 1.82) is 0 Å². The average molecular weight is 368 g/mol. The second kappa shape index (κ2) is 17.1. The average Bonchev–Trinajstić information content (AvgIpc) is 2.62. The van der Waals surface area contributed by atoms with Gasteiger partial charge in [0, 0.05) is 6.42 Å². The Kier molecular flexibility index (Phi) is 16.2. The number of methoxy groups -OCH3 is 1. The van der Waals surface area contributed by atoms with Crippen LogP contribution in [0.2, 0.25) is 0 Å². The first-order valence-corrected chi connectivity index (χ1v) is 10.5. The number of unbranched alkanes of at least 4 members (excludes halogenated alkanes) is 9. The number of allylic oxidation sites excluding steroid dienone is 2. The molecule has 0 aromatic carbocycles. The smallest absolute Gasteiger partial charge is 0.328 e. The quantitative estimate of drug-likeness (QED) is 0.221. The molecule has 0 saturated heterocycles. The molecule has 0 saturated carbocycles. The van der Waals surface area contributed by atoms with Crippen molar-refractivity contribution in [2.75, 3.05) is 7.11 Å². The van der Waals surface area contributed by atoms with Gasteiger partial charge in [0.05, 0.1) is 7.11 Å². The lowest BCUT2D eigenvalue weighted by atomic mass is 10.0. The van der Waals surface area contributed by atoms with Gasteiger partial charge in [-0.3, -0.25) is 4.79 Å². The number of nitrogens with one attached hydrogen (secondary N) is 1. The predicted octanol–water partition coefficient (Wildman–Crippen LogP) is 5.56. The van der Waals surface area contributed by atoms with E-state index in [1.54, 1.807) is 0 Å². The van der Waals surface area contributed by atoms with Gasteiger partial charge in [0.25, 0.3) is 0 Å². The Morgan fingerprint density at radius 1 is 0.885 bits per heavy atom. The minimum atomic E-state index is -0.541. The normalized spacial score (nSPS) is 12.5. The highest BCUT2D eigenvalue weighted by atomic mass is 16.5. The molecule has 1 unspecified atom stereocenters. The summed E-state index contributed by atoms with van der Waals surface area (Å²) >= 11 is 0. The van der Waals surface area contributed by atoms with E-state index < -0.39 is 6.04 Å². The Morgan fingerprint density at radius 2 is 1.42 bits per heavy atom. The SMILES string of the molecule is CCCCCCC=CCCCCCCCC(=O)NC(C(=O)OC)C(C)C.